The van der Waals surface area contributed by atoms with Crippen LogP contribution in [0.5, 0.6) is 11.5 Å². The first-order valence-corrected chi connectivity index (χ1v) is 11.4. The molecular formula is C25H33BrO6. The molecule has 0 atom stereocenters. The second kappa shape index (κ2) is 10.1. The van der Waals surface area contributed by atoms with E-state index >= 15 is 0 Å². The number of halogens is 1. The zero-order chi connectivity index (χ0) is 23.5. The highest BCUT2D eigenvalue weighted by Crippen LogP contribution is 2.39. The number of rotatable bonds is 8. The molecule has 0 saturated carbocycles. The fourth-order valence-electron chi connectivity index (χ4n) is 3.57. The van der Waals surface area contributed by atoms with Gasteiger partial charge in [-0.3, -0.25) is 0 Å². The lowest BCUT2D eigenvalue weighted by Crippen LogP contribution is -2.36. The fourth-order valence-corrected chi connectivity index (χ4v) is 4.12. The van der Waals surface area contributed by atoms with Crippen LogP contribution < -0.4 is 9.47 Å². The largest absolute Gasteiger partial charge is 0.467 e. The summed E-state index contributed by atoms with van der Waals surface area (Å²) >= 11 is 3.50. The van der Waals surface area contributed by atoms with Crippen LogP contribution in [-0.2, 0) is 46.1 Å². The van der Waals surface area contributed by atoms with Crippen molar-refractivity contribution in [2.75, 3.05) is 13.9 Å². The van der Waals surface area contributed by atoms with E-state index in [-0.39, 0.29) is 18.8 Å². The summed E-state index contributed by atoms with van der Waals surface area (Å²) in [5, 5.41) is 9.75. The Labute approximate surface area is 198 Å². The molecule has 32 heavy (non-hydrogen) atoms. The second-order valence-corrected chi connectivity index (χ2v) is 10.3. The highest BCUT2D eigenvalue weighted by molar-refractivity contribution is 9.10. The molecule has 0 amide bonds. The van der Waals surface area contributed by atoms with Gasteiger partial charge in [-0.05, 0) is 35.2 Å². The van der Waals surface area contributed by atoms with Gasteiger partial charge in [-0.1, -0.05) is 36.7 Å². The molecule has 2 aromatic carbocycles. The van der Waals surface area contributed by atoms with Gasteiger partial charge in [0.1, 0.15) is 11.5 Å². The Morgan fingerprint density at radius 2 is 1.75 bits per heavy atom. The second-order valence-electron chi connectivity index (χ2n) is 9.42. The minimum Gasteiger partial charge on any atom is -0.467 e. The molecule has 0 spiro atoms. The molecule has 1 aliphatic heterocycles. The number of fused-ring (bicyclic) bond motifs is 1. The summed E-state index contributed by atoms with van der Waals surface area (Å²) in [5.41, 5.74) is 4.70. The van der Waals surface area contributed by atoms with Crippen molar-refractivity contribution < 1.29 is 28.8 Å². The predicted molar refractivity (Wildman–Crippen MR) is 126 cm³/mol. The van der Waals surface area contributed by atoms with Crippen molar-refractivity contribution in [1.82, 2.24) is 0 Å². The number of hydrogen-bond donors (Lipinski definition) is 1. The summed E-state index contributed by atoms with van der Waals surface area (Å²) in [4.78, 5) is 0. The molecule has 3 rings (SSSR count). The minimum absolute atomic E-state index is 0.0156. The minimum atomic E-state index is -0.688. The Morgan fingerprint density at radius 3 is 2.41 bits per heavy atom. The zero-order valence-electron chi connectivity index (χ0n) is 19.7. The van der Waals surface area contributed by atoms with Crippen molar-refractivity contribution in [3.05, 3.63) is 56.6 Å². The number of aliphatic hydroxyl groups is 1. The quantitative estimate of drug-likeness (QED) is 0.469. The van der Waals surface area contributed by atoms with Crippen LogP contribution in [0.4, 0.5) is 0 Å². The summed E-state index contributed by atoms with van der Waals surface area (Å²) in [6.45, 7) is 11.5. The van der Waals surface area contributed by atoms with E-state index in [2.05, 4.69) is 48.8 Å². The number of benzene rings is 2. The van der Waals surface area contributed by atoms with E-state index in [1.54, 1.807) is 7.11 Å². The van der Waals surface area contributed by atoms with Crippen molar-refractivity contribution in [1.29, 1.82) is 0 Å². The third-order valence-electron chi connectivity index (χ3n) is 5.25. The van der Waals surface area contributed by atoms with Crippen molar-refractivity contribution in [2.24, 2.45) is 0 Å². The van der Waals surface area contributed by atoms with Gasteiger partial charge in [0.05, 0.1) is 26.4 Å². The van der Waals surface area contributed by atoms with Gasteiger partial charge in [-0.15, -0.1) is 0 Å². The molecule has 6 nitrogen and oxygen atoms in total. The van der Waals surface area contributed by atoms with Gasteiger partial charge >= 0.3 is 0 Å². The Bertz CT molecular complexity index is 948. The van der Waals surface area contributed by atoms with Gasteiger partial charge < -0.3 is 28.8 Å². The van der Waals surface area contributed by atoms with Gasteiger partial charge in [0.25, 0.3) is 0 Å². The first-order valence-electron chi connectivity index (χ1n) is 10.6. The van der Waals surface area contributed by atoms with Gasteiger partial charge in [-0.2, -0.15) is 0 Å². The molecule has 0 aromatic heterocycles. The number of aliphatic hydroxyl groups excluding tert-OH is 1. The van der Waals surface area contributed by atoms with E-state index in [0.717, 1.165) is 26.9 Å². The van der Waals surface area contributed by atoms with Crippen LogP contribution in [0, 0.1) is 0 Å². The van der Waals surface area contributed by atoms with Crippen LogP contribution in [-0.4, -0.2) is 24.8 Å². The molecule has 1 N–H and O–H groups in total. The summed E-state index contributed by atoms with van der Waals surface area (Å²) in [6.07, 6.45) is 0. The highest BCUT2D eigenvalue weighted by Gasteiger charge is 2.31. The van der Waals surface area contributed by atoms with E-state index in [4.69, 9.17) is 23.7 Å². The van der Waals surface area contributed by atoms with E-state index in [0.29, 0.717) is 31.1 Å². The SMILES string of the molecule is COCOc1c(CO)cc(Br)cc1COCc1cc(C(C)(C)C)cc2c1OC(C)(C)OC2. The average Bonchev–Trinajstić information content (AvgIpc) is 2.71. The molecule has 0 fully saturated rings. The first kappa shape index (κ1) is 25.0. The van der Waals surface area contributed by atoms with Gasteiger partial charge in [0.2, 0.25) is 5.79 Å². The molecule has 1 aliphatic rings. The molecule has 0 aliphatic carbocycles. The summed E-state index contributed by atoms with van der Waals surface area (Å²) in [5.74, 6) is 0.719. The number of ether oxygens (including phenoxy) is 5. The molecule has 176 valence electrons. The van der Waals surface area contributed by atoms with E-state index in [1.165, 1.54) is 5.56 Å². The summed E-state index contributed by atoms with van der Waals surface area (Å²) in [6, 6.07) is 8.07. The standard InChI is InChI=1S/C25H33BrO6/c1-24(2,3)20-7-17(23-18(8-20)14-31-25(4,5)32-23)12-29-13-19-10-21(26)9-16(11-27)22(19)30-15-28-6/h7-10,27H,11-15H2,1-6H3. The molecule has 0 bridgehead atoms. The van der Waals surface area contributed by atoms with Crippen LogP contribution in [0.25, 0.3) is 0 Å². The van der Waals surface area contributed by atoms with Crippen molar-refractivity contribution in [3.8, 4) is 11.5 Å². The molecule has 0 radical (unpaired) electrons. The molecule has 7 heteroatoms. The van der Waals surface area contributed by atoms with Crippen LogP contribution in [0.15, 0.2) is 28.7 Å². The molecule has 1 heterocycles. The molecule has 0 unspecified atom stereocenters. The topological polar surface area (TPSA) is 66.4 Å². The van der Waals surface area contributed by atoms with Gasteiger partial charge in [-0.25, -0.2) is 0 Å². The Morgan fingerprint density at radius 1 is 1.06 bits per heavy atom. The number of hydrogen-bond acceptors (Lipinski definition) is 6. The Balaban J connectivity index is 1.87. The average molecular weight is 509 g/mol. The monoisotopic (exact) mass is 508 g/mol. The van der Waals surface area contributed by atoms with Crippen molar-refractivity contribution >= 4 is 15.9 Å². The number of methoxy groups -OCH3 is 1. The van der Waals surface area contributed by atoms with E-state index in [1.807, 2.05) is 26.0 Å². The lowest BCUT2D eigenvalue weighted by Gasteiger charge is -2.35. The summed E-state index contributed by atoms with van der Waals surface area (Å²) in [7, 11) is 1.56. The Kier molecular flexibility index (Phi) is 7.89. The predicted octanol–water partition coefficient (Wildman–Crippen LogP) is 5.58. The first-order chi connectivity index (χ1) is 15.0. The van der Waals surface area contributed by atoms with Crippen LogP contribution in [0.2, 0.25) is 0 Å². The van der Waals surface area contributed by atoms with E-state index < -0.39 is 5.79 Å². The summed E-state index contributed by atoms with van der Waals surface area (Å²) < 4.78 is 29.8. The maximum atomic E-state index is 9.75. The maximum absolute atomic E-state index is 9.75. The molecular weight excluding hydrogens is 476 g/mol. The van der Waals surface area contributed by atoms with Gasteiger partial charge in [0.15, 0.2) is 6.79 Å². The maximum Gasteiger partial charge on any atom is 0.205 e. The van der Waals surface area contributed by atoms with Crippen molar-refractivity contribution in [3.63, 3.8) is 0 Å². The van der Waals surface area contributed by atoms with Crippen molar-refractivity contribution in [2.45, 2.75) is 72.2 Å². The van der Waals surface area contributed by atoms with Gasteiger partial charge in [0, 0.05) is 47.7 Å². The Hall–Kier alpha value is -1.64. The molecule has 2 aromatic rings. The lowest BCUT2D eigenvalue weighted by molar-refractivity contribution is -0.180. The lowest BCUT2D eigenvalue weighted by atomic mass is 9.84. The third kappa shape index (κ3) is 6.02. The normalized spacial score (nSPS) is 15.2. The molecule has 0 saturated heterocycles. The van der Waals surface area contributed by atoms with E-state index in [9.17, 15) is 5.11 Å². The zero-order valence-corrected chi connectivity index (χ0v) is 21.3. The van der Waals surface area contributed by atoms with Crippen LogP contribution in [0.3, 0.4) is 0 Å². The smallest absolute Gasteiger partial charge is 0.205 e. The third-order valence-corrected chi connectivity index (χ3v) is 5.70. The van der Waals surface area contributed by atoms with Crippen LogP contribution >= 0.6 is 15.9 Å². The van der Waals surface area contributed by atoms with Crippen LogP contribution in [0.1, 0.15) is 62.4 Å². The highest BCUT2D eigenvalue weighted by atomic mass is 79.9. The fraction of sp³-hybridized carbons (Fsp3) is 0.520.